The minimum Gasteiger partial charge on any atom is -0.493 e. The van der Waals surface area contributed by atoms with E-state index >= 15 is 0 Å². The molecule has 3 aromatic rings. The van der Waals surface area contributed by atoms with Crippen LogP contribution in [0.25, 0.3) is 5.69 Å². The van der Waals surface area contributed by atoms with Gasteiger partial charge in [0.15, 0.2) is 18.1 Å². The van der Waals surface area contributed by atoms with Crippen LogP contribution in [0.1, 0.15) is 26.3 Å². The van der Waals surface area contributed by atoms with E-state index in [2.05, 4.69) is 26.2 Å². The highest BCUT2D eigenvalue weighted by Crippen LogP contribution is 2.31. The lowest BCUT2D eigenvalue weighted by atomic mass is 10.1. The fourth-order valence-corrected chi connectivity index (χ4v) is 3.84. The Morgan fingerprint density at radius 3 is 2.64 bits per heavy atom. The number of methoxy groups -OCH3 is 1. The van der Waals surface area contributed by atoms with Crippen molar-refractivity contribution in [3.63, 3.8) is 0 Å². The zero-order valence-electron chi connectivity index (χ0n) is 19.4. The molecule has 1 aromatic heterocycles. The van der Waals surface area contributed by atoms with Gasteiger partial charge in [0.2, 0.25) is 5.16 Å². The van der Waals surface area contributed by atoms with Crippen LogP contribution in [0.15, 0.2) is 53.7 Å². The maximum absolute atomic E-state index is 12.2. The highest BCUT2D eigenvalue weighted by Gasteiger charge is 2.17. The minimum atomic E-state index is -0.316. The first-order valence-corrected chi connectivity index (χ1v) is 11.6. The van der Waals surface area contributed by atoms with Gasteiger partial charge in [0.05, 0.1) is 12.8 Å². The minimum absolute atomic E-state index is 0.0807. The Balaban J connectivity index is 1.52. The molecule has 0 unspecified atom stereocenters. The number of hydrogen-bond acceptors (Lipinski definition) is 8. The number of ether oxygens (including phenoxy) is 2. The lowest BCUT2D eigenvalue weighted by Gasteiger charge is -2.21. The van der Waals surface area contributed by atoms with Gasteiger partial charge in [-0.1, -0.05) is 42.1 Å². The van der Waals surface area contributed by atoms with E-state index in [0.29, 0.717) is 18.0 Å². The zero-order chi connectivity index (χ0) is 23.7. The smallest absolute Gasteiger partial charge is 0.258 e. The number of rotatable bonds is 11. The van der Waals surface area contributed by atoms with Crippen molar-refractivity contribution >= 4 is 17.7 Å². The van der Waals surface area contributed by atoms with E-state index in [-0.39, 0.29) is 18.1 Å². The second-order valence-corrected chi connectivity index (χ2v) is 9.33. The van der Waals surface area contributed by atoms with Crippen LogP contribution in [-0.4, -0.2) is 57.7 Å². The molecule has 0 radical (unpaired) electrons. The molecule has 3 rings (SSSR count). The van der Waals surface area contributed by atoms with Gasteiger partial charge in [0, 0.05) is 29.9 Å². The molecule has 0 atom stereocenters. The molecule has 0 saturated heterocycles. The zero-order valence-corrected chi connectivity index (χ0v) is 20.2. The highest BCUT2D eigenvalue weighted by molar-refractivity contribution is 7.99. The molecule has 9 nitrogen and oxygen atoms in total. The largest absolute Gasteiger partial charge is 0.493 e. The number of aromatic nitrogens is 4. The van der Waals surface area contributed by atoms with E-state index in [1.165, 1.54) is 0 Å². The summed E-state index contributed by atoms with van der Waals surface area (Å²) in [5.41, 5.74) is 1.52. The normalized spacial score (nSPS) is 11.3. The molecule has 2 aromatic carbocycles. The van der Waals surface area contributed by atoms with Crippen molar-refractivity contribution in [1.82, 2.24) is 30.8 Å². The SMILES string of the molecule is COc1cccc(CNCCSc2nnnn2-c2ccccc2)c1OCC(=O)NC(C)(C)C. The molecule has 0 spiro atoms. The number of tetrazole rings is 1. The summed E-state index contributed by atoms with van der Waals surface area (Å²) in [5, 5.41) is 19.0. The van der Waals surface area contributed by atoms with Crippen LogP contribution in [0.2, 0.25) is 0 Å². The predicted octanol–water partition coefficient (Wildman–Crippen LogP) is 2.85. The molecule has 0 saturated carbocycles. The van der Waals surface area contributed by atoms with Crippen LogP contribution in [0.5, 0.6) is 11.5 Å². The summed E-state index contributed by atoms with van der Waals surface area (Å²) in [6.45, 7) is 7.01. The number of carbonyl (C=O) groups is 1. The lowest BCUT2D eigenvalue weighted by Crippen LogP contribution is -2.43. The molecule has 0 fully saturated rings. The average Bonchev–Trinajstić information content (AvgIpc) is 3.25. The fraction of sp³-hybridized carbons (Fsp3) is 0.391. The first kappa shape index (κ1) is 24.5. The molecule has 176 valence electrons. The molecule has 10 heteroatoms. The molecule has 33 heavy (non-hydrogen) atoms. The number of nitrogens with one attached hydrogen (secondary N) is 2. The Hall–Kier alpha value is -3.11. The third-order valence-corrected chi connectivity index (χ3v) is 5.33. The van der Waals surface area contributed by atoms with Crippen LogP contribution in [0.4, 0.5) is 0 Å². The van der Waals surface area contributed by atoms with Crippen molar-refractivity contribution in [3.05, 3.63) is 54.1 Å². The second-order valence-electron chi connectivity index (χ2n) is 8.27. The van der Waals surface area contributed by atoms with Gasteiger partial charge in [-0.05, 0) is 49.4 Å². The topological polar surface area (TPSA) is 103 Å². The Labute approximate surface area is 198 Å². The van der Waals surface area contributed by atoms with Gasteiger partial charge < -0.3 is 20.1 Å². The number of thioether (sulfide) groups is 1. The Morgan fingerprint density at radius 2 is 1.91 bits per heavy atom. The van der Waals surface area contributed by atoms with Gasteiger partial charge in [-0.2, -0.15) is 4.68 Å². The van der Waals surface area contributed by atoms with E-state index in [1.54, 1.807) is 23.6 Å². The maximum atomic E-state index is 12.2. The van der Waals surface area contributed by atoms with E-state index in [4.69, 9.17) is 9.47 Å². The van der Waals surface area contributed by atoms with Gasteiger partial charge in [-0.3, -0.25) is 4.79 Å². The Morgan fingerprint density at radius 1 is 1.12 bits per heavy atom. The van der Waals surface area contributed by atoms with Crippen LogP contribution in [0, 0.1) is 0 Å². The number of benzene rings is 2. The van der Waals surface area contributed by atoms with Crippen LogP contribution < -0.4 is 20.1 Å². The molecule has 0 aliphatic rings. The van der Waals surface area contributed by atoms with Gasteiger partial charge in [-0.15, -0.1) is 5.10 Å². The molecular formula is C23H30N6O3S. The predicted molar refractivity (Wildman–Crippen MR) is 128 cm³/mol. The van der Waals surface area contributed by atoms with Crippen molar-refractivity contribution in [2.45, 2.75) is 38.0 Å². The van der Waals surface area contributed by atoms with Crippen LogP contribution in [-0.2, 0) is 11.3 Å². The van der Waals surface area contributed by atoms with Crippen molar-refractivity contribution in [1.29, 1.82) is 0 Å². The lowest BCUT2D eigenvalue weighted by molar-refractivity contribution is -0.124. The standard InChI is InChI=1S/C23H30N6O3S/c1-23(2,3)25-20(30)16-32-21-17(9-8-12-19(21)31-4)15-24-13-14-33-22-26-27-28-29(22)18-10-6-5-7-11-18/h5-12,24H,13-16H2,1-4H3,(H,25,30). The second kappa shape index (κ2) is 11.7. The summed E-state index contributed by atoms with van der Waals surface area (Å²) in [5.74, 6) is 1.76. The summed E-state index contributed by atoms with van der Waals surface area (Å²) in [6.07, 6.45) is 0. The molecule has 2 N–H and O–H groups in total. The molecule has 0 aliphatic heterocycles. The number of para-hydroxylation sites is 2. The van der Waals surface area contributed by atoms with Crippen molar-refractivity contribution in [2.75, 3.05) is 26.0 Å². The van der Waals surface area contributed by atoms with Gasteiger partial charge >= 0.3 is 0 Å². The summed E-state index contributed by atoms with van der Waals surface area (Å²) < 4.78 is 13.0. The number of carbonyl (C=O) groups excluding carboxylic acids is 1. The summed E-state index contributed by atoms with van der Waals surface area (Å²) >= 11 is 1.57. The summed E-state index contributed by atoms with van der Waals surface area (Å²) in [4.78, 5) is 12.2. The fourth-order valence-electron chi connectivity index (χ4n) is 3.05. The highest BCUT2D eigenvalue weighted by atomic mass is 32.2. The monoisotopic (exact) mass is 470 g/mol. The summed E-state index contributed by atoms with van der Waals surface area (Å²) in [6, 6.07) is 15.5. The van der Waals surface area contributed by atoms with Gasteiger partial charge in [-0.25, -0.2) is 0 Å². The van der Waals surface area contributed by atoms with Crippen molar-refractivity contribution in [2.24, 2.45) is 0 Å². The van der Waals surface area contributed by atoms with E-state index in [0.717, 1.165) is 28.7 Å². The number of nitrogens with zero attached hydrogens (tertiary/aromatic N) is 4. The van der Waals surface area contributed by atoms with Crippen molar-refractivity contribution in [3.8, 4) is 17.2 Å². The summed E-state index contributed by atoms with van der Waals surface area (Å²) in [7, 11) is 1.59. The number of amides is 1. The van der Waals surface area contributed by atoms with Gasteiger partial charge in [0.1, 0.15) is 0 Å². The van der Waals surface area contributed by atoms with E-state index in [9.17, 15) is 4.79 Å². The molecular weight excluding hydrogens is 440 g/mol. The number of hydrogen-bond donors (Lipinski definition) is 2. The third kappa shape index (κ3) is 7.47. The third-order valence-electron chi connectivity index (χ3n) is 4.41. The van der Waals surface area contributed by atoms with Crippen LogP contribution >= 0.6 is 11.8 Å². The van der Waals surface area contributed by atoms with Crippen molar-refractivity contribution < 1.29 is 14.3 Å². The maximum Gasteiger partial charge on any atom is 0.258 e. The molecule has 1 heterocycles. The first-order chi connectivity index (χ1) is 15.9. The molecule has 0 aliphatic carbocycles. The Bertz CT molecular complexity index is 1040. The first-order valence-electron chi connectivity index (χ1n) is 10.6. The van der Waals surface area contributed by atoms with E-state index < -0.39 is 0 Å². The average molecular weight is 471 g/mol. The van der Waals surface area contributed by atoms with E-state index in [1.807, 2.05) is 69.3 Å². The quantitative estimate of drug-likeness (QED) is 0.326. The van der Waals surface area contributed by atoms with Gasteiger partial charge in [0.25, 0.3) is 5.91 Å². The molecule has 1 amide bonds. The van der Waals surface area contributed by atoms with Crippen LogP contribution in [0.3, 0.4) is 0 Å². The Kier molecular flexibility index (Phi) is 8.67. The molecule has 0 bridgehead atoms.